The Kier molecular flexibility index (Phi) is 3.94. The van der Waals surface area contributed by atoms with Crippen molar-refractivity contribution in [1.29, 1.82) is 0 Å². The summed E-state index contributed by atoms with van der Waals surface area (Å²) < 4.78 is 1.39. The number of unbranched alkanes of at least 4 members (excludes halogenated alkanes) is 1. The Bertz CT molecular complexity index is 563. The quantitative estimate of drug-likeness (QED) is 0.682. The van der Waals surface area contributed by atoms with Gasteiger partial charge in [-0.1, -0.05) is 13.3 Å². The fourth-order valence-corrected chi connectivity index (χ4v) is 2.37. The van der Waals surface area contributed by atoms with E-state index in [0.29, 0.717) is 31.7 Å². The molecule has 0 spiro atoms. The minimum Gasteiger partial charge on any atom is -0.391 e. The lowest BCUT2D eigenvalue weighted by Crippen LogP contribution is -2.38. The van der Waals surface area contributed by atoms with Crippen molar-refractivity contribution >= 4 is 11.5 Å². The Morgan fingerprint density at radius 3 is 2.79 bits per heavy atom. The Morgan fingerprint density at radius 1 is 1.47 bits per heavy atom. The maximum absolute atomic E-state index is 11.9. The number of β-amino-alcohol motifs (C(OH)–C–C–N with tert-alkyl or cyclic N) is 1. The van der Waals surface area contributed by atoms with Crippen LogP contribution >= 0.6 is 0 Å². The normalized spacial score (nSPS) is 19.1. The molecule has 2 heterocycles. The van der Waals surface area contributed by atoms with E-state index in [1.54, 1.807) is 4.90 Å². The zero-order valence-corrected chi connectivity index (χ0v) is 11.1. The van der Waals surface area contributed by atoms with Gasteiger partial charge < -0.3 is 15.7 Å². The van der Waals surface area contributed by atoms with E-state index in [1.807, 2.05) is 6.92 Å². The number of hydrogen-bond donors (Lipinski definition) is 3. The molecule has 1 aliphatic rings. The standard InChI is InChI=1S/C12H20N4O3/c1-2-3-5-16-10(13)9(11(18)14-12(16)19)15-6-4-8(17)7-15/h8,17H,2-7,13H2,1H3,(H,14,18,19). The van der Waals surface area contributed by atoms with Crippen LogP contribution in [0.4, 0.5) is 11.5 Å². The molecule has 7 nitrogen and oxygen atoms in total. The topological polar surface area (TPSA) is 104 Å². The van der Waals surface area contributed by atoms with Crippen LogP contribution in [0, 0.1) is 0 Å². The van der Waals surface area contributed by atoms with Crippen molar-refractivity contribution in [3.05, 3.63) is 20.8 Å². The minimum atomic E-state index is -0.482. The number of nitrogens with zero attached hydrogens (tertiary/aromatic N) is 2. The molecule has 19 heavy (non-hydrogen) atoms. The van der Waals surface area contributed by atoms with Gasteiger partial charge in [-0.2, -0.15) is 0 Å². The second-order valence-corrected chi connectivity index (χ2v) is 4.89. The van der Waals surface area contributed by atoms with Crippen molar-refractivity contribution < 1.29 is 5.11 Å². The van der Waals surface area contributed by atoms with Gasteiger partial charge in [0, 0.05) is 19.6 Å². The number of nitrogens with one attached hydrogen (secondary N) is 1. The molecule has 0 aromatic carbocycles. The van der Waals surface area contributed by atoms with Crippen molar-refractivity contribution in [2.45, 2.75) is 38.8 Å². The summed E-state index contributed by atoms with van der Waals surface area (Å²) in [6, 6.07) is 0. The van der Waals surface area contributed by atoms with E-state index in [-0.39, 0.29) is 5.82 Å². The average molecular weight is 268 g/mol. The van der Waals surface area contributed by atoms with Gasteiger partial charge in [-0.05, 0) is 12.8 Å². The first-order valence-corrected chi connectivity index (χ1v) is 6.60. The smallest absolute Gasteiger partial charge is 0.330 e. The first kappa shape index (κ1) is 13.7. The zero-order chi connectivity index (χ0) is 14.0. The maximum Gasteiger partial charge on any atom is 0.330 e. The lowest BCUT2D eigenvalue weighted by atomic mass is 10.3. The number of aliphatic hydroxyl groups is 1. The third kappa shape index (κ3) is 2.65. The van der Waals surface area contributed by atoms with Gasteiger partial charge >= 0.3 is 5.69 Å². The molecule has 1 atom stereocenters. The van der Waals surface area contributed by atoms with Gasteiger partial charge in [0.15, 0.2) is 0 Å². The summed E-state index contributed by atoms with van der Waals surface area (Å²) in [5, 5.41) is 9.54. The number of aromatic nitrogens is 2. The summed E-state index contributed by atoms with van der Waals surface area (Å²) in [7, 11) is 0. The van der Waals surface area contributed by atoms with Crippen LogP contribution in [-0.2, 0) is 6.54 Å². The van der Waals surface area contributed by atoms with Crippen molar-refractivity contribution in [1.82, 2.24) is 9.55 Å². The van der Waals surface area contributed by atoms with Crippen LogP contribution in [0.15, 0.2) is 9.59 Å². The lowest BCUT2D eigenvalue weighted by molar-refractivity contribution is 0.198. The van der Waals surface area contributed by atoms with E-state index in [0.717, 1.165) is 12.8 Å². The highest BCUT2D eigenvalue weighted by Crippen LogP contribution is 2.21. The second-order valence-electron chi connectivity index (χ2n) is 4.89. The van der Waals surface area contributed by atoms with Crippen molar-refractivity contribution in [2.75, 3.05) is 23.7 Å². The Balaban J connectivity index is 2.43. The van der Waals surface area contributed by atoms with Crippen LogP contribution in [0.5, 0.6) is 0 Å². The van der Waals surface area contributed by atoms with Gasteiger partial charge in [0.2, 0.25) is 0 Å². The Labute approximate surface area is 110 Å². The lowest BCUT2D eigenvalue weighted by Gasteiger charge is -2.20. The highest BCUT2D eigenvalue weighted by Gasteiger charge is 2.25. The summed E-state index contributed by atoms with van der Waals surface area (Å²) in [6.07, 6.45) is 1.91. The number of nitrogen functional groups attached to an aromatic ring is 1. The average Bonchev–Trinajstić information content (AvgIpc) is 2.75. The molecule has 106 valence electrons. The monoisotopic (exact) mass is 268 g/mol. The van der Waals surface area contributed by atoms with Crippen LogP contribution in [-0.4, -0.2) is 33.9 Å². The molecular formula is C12H20N4O3. The third-order valence-electron chi connectivity index (χ3n) is 3.43. The van der Waals surface area contributed by atoms with Gasteiger partial charge in [0.05, 0.1) is 6.10 Å². The summed E-state index contributed by atoms with van der Waals surface area (Å²) in [6.45, 7) is 3.45. The van der Waals surface area contributed by atoms with Crippen molar-refractivity contribution in [3.8, 4) is 0 Å². The van der Waals surface area contributed by atoms with Gasteiger partial charge in [-0.25, -0.2) is 4.79 Å². The number of hydrogen-bond acceptors (Lipinski definition) is 5. The predicted octanol–water partition coefficient (Wildman–Crippen LogP) is -0.510. The first-order valence-electron chi connectivity index (χ1n) is 6.60. The summed E-state index contributed by atoms with van der Waals surface area (Å²) in [4.78, 5) is 27.7. The molecule has 0 saturated carbocycles. The molecule has 0 radical (unpaired) electrons. The molecule has 1 aliphatic heterocycles. The van der Waals surface area contributed by atoms with Gasteiger partial charge in [-0.15, -0.1) is 0 Å². The number of aromatic amines is 1. The van der Waals surface area contributed by atoms with Crippen LogP contribution in [0.1, 0.15) is 26.2 Å². The molecule has 0 bridgehead atoms. The third-order valence-corrected chi connectivity index (χ3v) is 3.43. The number of anilines is 2. The summed E-state index contributed by atoms with van der Waals surface area (Å²) in [5.74, 6) is 0.191. The molecule has 2 rings (SSSR count). The van der Waals surface area contributed by atoms with Crippen LogP contribution < -0.4 is 21.9 Å². The highest BCUT2D eigenvalue weighted by atomic mass is 16.3. The maximum atomic E-state index is 11.9. The first-order chi connectivity index (χ1) is 9.04. The number of H-pyrrole nitrogens is 1. The summed E-state index contributed by atoms with van der Waals surface area (Å²) >= 11 is 0. The predicted molar refractivity (Wildman–Crippen MR) is 73.5 cm³/mol. The molecule has 1 fully saturated rings. The number of nitrogens with two attached hydrogens (primary N) is 1. The molecule has 1 saturated heterocycles. The van der Waals surface area contributed by atoms with E-state index in [4.69, 9.17) is 5.73 Å². The number of rotatable bonds is 4. The molecule has 4 N–H and O–H groups in total. The fraction of sp³-hybridized carbons (Fsp3) is 0.667. The van der Waals surface area contributed by atoms with E-state index >= 15 is 0 Å². The molecule has 0 amide bonds. The minimum absolute atomic E-state index is 0.191. The van der Waals surface area contributed by atoms with E-state index in [9.17, 15) is 14.7 Å². The van der Waals surface area contributed by atoms with Crippen LogP contribution in [0.2, 0.25) is 0 Å². The van der Waals surface area contributed by atoms with Gasteiger partial charge in [0.25, 0.3) is 5.56 Å². The molecule has 1 unspecified atom stereocenters. The van der Waals surface area contributed by atoms with Crippen LogP contribution in [0.3, 0.4) is 0 Å². The Hall–Kier alpha value is -1.76. The SMILES string of the molecule is CCCCn1c(N)c(N2CCC(O)C2)c(=O)[nH]c1=O. The van der Waals surface area contributed by atoms with E-state index < -0.39 is 17.4 Å². The highest BCUT2D eigenvalue weighted by molar-refractivity contribution is 5.63. The molecule has 0 aliphatic carbocycles. The molecule has 7 heteroatoms. The molecule has 1 aromatic rings. The second kappa shape index (κ2) is 5.48. The van der Waals surface area contributed by atoms with Crippen LogP contribution in [0.25, 0.3) is 0 Å². The largest absolute Gasteiger partial charge is 0.391 e. The Morgan fingerprint density at radius 2 is 2.21 bits per heavy atom. The van der Waals surface area contributed by atoms with Crippen molar-refractivity contribution in [3.63, 3.8) is 0 Å². The molecular weight excluding hydrogens is 248 g/mol. The number of aliphatic hydroxyl groups excluding tert-OH is 1. The zero-order valence-electron chi connectivity index (χ0n) is 11.1. The van der Waals surface area contributed by atoms with E-state index in [1.165, 1.54) is 4.57 Å². The van der Waals surface area contributed by atoms with Gasteiger partial charge in [0.1, 0.15) is 11.5 Å². The van der Waals surface area contributed by atoms with Gasteiger partial charge in [-0.3, -0.25) is 14.3 Å². The van der Waals surface area contributed by atoms with Crippen molar-refractivity contribution in [2.24, 2.45) is 0 Å². The van der Waals surface area contributed by atoms with E-state index in [2.05, 4.69) is 4.98 Å². The molecule has 1 aromatic heterocycles. The fourth-order valence-electron chi connectivity index (χ4n) is 2.37. The summed E-state index contributed by atoms with van der Waals surface area (Å²) in [5.41, 5.74) is 5.31.